The monoisotopic (exact) mass is 393 g/mol. The summed E-state index contributed by atoms with van der Waals surface area (Å²) in [6, 6.07) is 5.17. The zero-order valence-corrected chi connectivity index (χ0v) is 15.8. The second-order valence-corrected chi connectivity index (χ2v) is 7.91. The number of rotatable bonds is 6. The summed E-state index contributed by atoms with van der Waals surface area (Å²) in [7, 11) is -3.96. The molecule has 25 heavy (non-hydrogen) atoms. The first-order chi connectivity index (χ1) is 11.3. The summed E-state index contributed by atoms with van der Waals surface area (Å²) in [6.45, 7) is 3.15. The predicted molar refractivity (Wildman–Crippen MR) is 96.4 cm³/mol. The molecular weight excluding hydrogens is 369 g/mol. The van der Waals surface area contributed by atoms with E-state index in [2.05, 4.69) is 4.72 Å². The lowest BCUT2D eigenvalue weighted by Gasteiger charge is -2.34. The standard InChI is InChI=1S/C16H24FN3O3S.ClH/c1-12(18)13-5-4-10-20(11-13)16(21)8-9-19-24(22,23)15-7-3-2-6-14(15)17;/h2-3,6-7,12-13,19H,4-5,8-11,18H2,1H3;1H. The highest BCUT2D eigenvalue weighted by Crippen LogP contribution is 2.19. The fourth-order valence-corrected chi connectivity index (χ4v) is 3.97. The minimum Gasteiger partial charge on any atom is -0.342 e. The first kappa shape index (κ1) is 21.8. The Morgan fingerprint density at radius 2 is 2.12 bits per heavy atom. The summed E-state index contributed by atoms with van der Waals surface area (Å²) in [5, 5.41) is 0. The summed E-state index contributed by atoms with van der Waals surface area (Å²) >= 11 is 0. The van der Waals surface area contributed by atoms with Crippen molar-refractivity contribution in [2.45, 2.75) is 37.1 Å². The lowest BCUT2D eigenvalue weighted by atomic mass is 9.92. The molecule has 0 aliphatic carbocycles. The van der Waals surface area contributed by atoms with Crippen molar-refractivity contribution < 1.29 is 17.6 Å². The van der Waals surface area contributed by atoms with E-state index in [4.69, 9.17) is 5.73 Å². The van der Waals surface area contributed by atoms with Crippen molar-refractivity contribution in [3.05, 3.63) is 30.1 Å². The number of piperidine rings is 1. The zero-order valence-electron chi connectivity index (χ0n) is 14.2. The van der Waals surface area contributed by atoms with Gasteiger partial charge in [0.1, 0.15) is 10.7 Å². The van der Waals surface area contributed by atoms with E-state index in [0.29, 0.717) is 13.1 Å². The lowest BCUT2D eigenvalue weighted by molar-refractivity contribution is -0.132. The summed E-state index contributed by atoms with van der Waals surface area (Å²) < 4.78 is 40.0. The van der Waals surface area contributed by atoms with Gasteiger partial charge in [-0.3, -0.25) is 4.79 Å². The van der Waals surface area contributed by atoms with Gasteiger partial charge in [-0.1, -0.05) is 12.1 Å². The van der Waals surface area contributed by atoms with Gasteiger partial charge in [-0.25, -0.2) is 17.5 Å². The molecule has 1 aromatic carbocycles. The number of likely N-dealkylation sites (tertiary alicyclic amines) is 1. The molecule has 2 rings (SSSR count). The van der Waals surface area contributed by atoms with E-state index in [1.54, 1.807) is 4.90 Å². The van der Waals surface area contributed by atoms with Crippen LogP contribution in [-0.2, 0) is 14.8 Å². The molecule has 0 radical (unpaired) electrons. The van der Waals surface area contributed by atoms with Crippen molar-refractivity contribution in [3.63, 3.8) is 0 Å². The summed E-state index contributed by atoms with van der Waals surface area (Å²) in [4.78, 5) is 13.6. The number of carbonyl (C=O) groups is 1. The molecule has 1 aromatic rings. The molecular formula is C16H25ClFN3O3S. The number of nitrogens with two attached hydrogens (primary N) is 1. The van der Waals surface area contributed by atoms with Crippen LogP contribution in [0.25, 0.3) is 0 Å². The number of halogens is 2. The lowest BCUT2D eigenvalue weighted by Crippen LogP contribution is -2.45. The van der Waals surface area contributed by atoms with Crippen molar-refractivity contribution >= 4 is 28.3 Å². The van der Waals surface area contributed by atoms with Crippen LogP contribution in [0.1, 0.15) is 26.2 Å². The van der Waals surface area contributed by atoms with Gasteiger partial charge in [0, 0.05) is 32.1 Å². The van der Waals surface area contributed by atoms with E-state index >= 15 is 0 Å². The number of nitrogens with zero attached hydrogens (tertiary/aromatic N) is 1. The highest BCUT2D eigenvalue weighted by Gasteiger charge is 2.26. The zero-order chi connectivity index (χ0) is 17.7. The van der Waals surface area contributed by atoms with Gasteiger partial charge in [0.15, 0.2) is 0 Å². The second-order valence-electron chi connectivity index (χ2n) is 6.18. The SMILES string of the molecule is CC(N)C1CCCN(C(=O)CCNS(=O)(=O)c2ccccc2F)C1.Cl. The van der Waals surface area contributed by atoms with Crippen LogP contribution in [0.3, 0.4) is 0 Å². The Morgan fingerprint density at radius 1 is 1.44 bits per heavy atom. The highest BCUT2D eigenvalue weighted by atomic mass is 35.5. The van der Waals surface area contributed by atoms with Crippen LogP contribution in [0.15, 0.2) is 29.2 Å². The van der Waals surface area contributed by atoms with Crippen molar-refractivity contribution in [1.29, 1.82) is 0 Å². The van der Waals surface area contributed by atoms with E-state index in [9.17, 15) is 17.6 Å². The molecule has 1 heterocycles. The molecule has 3 N–H and O–H groups in total. The fourth-order valence-electron chi connectivity index (χ4n) is 2.86. The van der Waals surface area contributed by atoms with Gasteiger partial charge in [0.05, 0.1) is 0 Å². The molecule has 1 amide bonds. The van der Waals surface area contributed by atoms with E-state index in [-0.39, 0.29) is 43.2 Å². The Hall–Kier alpha value is -1.22. The van der Waals surface area contributed by atoms with E-state index < -0.39 is 20.7 Å². The van der Waals surface area contributed by atoms with Gasteiger partial charge in [0.2, 0.25) is 15.9 Å². The number of amides is 1. The molecule has 0 spiro atoms. The molecule has 142 valence electrons. The Morgan fingerprint density at radius 3 is 2.76 bits per heavy atom. The number of sulfonamides is 1. The van der Waals surface area contributed by atoms with Gasteiger partial charge < -0.3 is 10.6 Å². The summed E-state index contributed by atoms with van der Waals surface area (Å²) in [5.74, 6) is -0.651. The normalized spacial score (nSPS) is 19.2. The van der Waals surface area contributed by atoms with Gasteiger partial charge in [-0.05, 0) is 37.8 Å². The topological polar surface area (TPSA) is 92.5 Å². The molecule has 6 nitrogen and oxygen atoms in total. The molecule has 9 heteroatoms. The van der Waals surface area contributed by atoms with Crippen LogP contribution < -0.4 is 10.5 Å². The predicted octanol–water partition coefficient (Wildman–Crippen LogP) is 1.50. The Balaban J connectivity index is 0.00000312. The Bertz CT molecular complexity index is 685. The smallest absolute Gasteiger partial charge is 0.243 e. The van der Waals surface area contributed by atoms with Crippen molar-refractivity contribution in [2.75, 3.05) is 19.6 Å². The largest absolute Gasteiger partial charge is 0.342 e. The van der Waals surface area contributed by atoms with Crippen molar-refractivity contribution in [1.82, 2.24) is 9.62 Å². The molecule has 0 bridgehead atoms. The molecule has 1 aliphatic rings. The molecule has 1 fully saturated rings. The maximum Gasteiger partial charge on any atom is 0.243 e. The molecule has 1 saturated heterocycles. The maximum absolute atomic E-state index is 13.6. The molecule has 2 unspecified atom stereocenters. The van der Waals surface area contributed by atoms with Crippen molar-refractivity contribution in [2.24, 2.45) is 11.7 Å². The Labute approximate surface area is 154 Å². The molecule has 1 aliphatic heterocycles. The van der Waals surface area contributed by atoms with E-state index in [1.165, 1.54) is 18.2 Å². The first-order valence-electron chi connectivity index (χ1n) is 8.09. The van der Waals surface area contributed by atoms with Crippen LogP contribution in [0.5, 0.6) is 0 Å². The van der Waals surface area contributed by atoms with Crippen LogP contribution in [0.4, 0.5) is 4.39 Å². The Kier molecular flexibility index (Phi) is 8.27. The number of carbonyl (C=O) groups excluding carboxylic acids is 1. The minimum atomic E-state index is -3.96. The summed E-state index contributed by atoms with van der Waals surface area (Å²) in [5.41, 5.74) is 5.90. The van der Waals surface area contributed by atoms with Gasteiger partial charge in [0.25, 0.3) is 0 Å². The quantitative estimate of drug-likeness (QED) is 0.766. The van der Waals surface area contributed by atoms with Gasteiger partial charge >= 0.3 is 0 Å². The first-order valence-corrected chi connectivity index (χ1v) is 9.57. The number of nitrogens with one attached hydrogen (secondary N) is 1. The number of hydrogen-bond acceptors (Lipinski definition) is 4. The maximum atomic E-state index is 13.6. The average molecular weight is 394 g/mol. The van der Waals surface area contributed by atoms with E-state index in [0.717, 1.165) is 18.9 Å². The minimum absolute atomic E-state index is 0. The summed E-state index contributed by atoms with van der Waals surface area (Å²) in [6.07, 6.45) is 1.94. The third-order valence-corrected chi connectivity index (χ3v) is 5.81. The highest BCUT2D eigenvalue weighted by molar-refractivity contribution is 7.89. The third-order valence-electron chi connectivity index (χ3n) is 4.31. The molecule has 2 atom stereocenters. The van der Waals surface area contributed by atoms with Crippen LogP contribution in [0.2, 0.25) is 0 Å². The number of benzene rings is 1. The molecule has 0 saturated carbocycles. The second kappa shape index (κ2) is 9.47. The number of hydrogen-bond donors (Lipinski definition) is 2. The van der Waals surface area contributed by atoms with Crippen LogP contribution in [-0.4, -0.2) is 44.9 Å². The van der Waals surface area contributed by atoms with Crippen LogP contribution in [0, 0.1) is 11.7 Å². The fraction of sp³-hybridized carbons (Fsp3) is 0.562. The third kappa shape index (κ3) is 5.91. The van der Waals surface area contributed by atoms with E-state index in [1.807, 2.05) is 6.92 Å². The molecule has 0 aromatic heterocycles. The van der Waals surface area contributed by atoms with Gasteiger partial charge in [-0.15, -0.1) is 12.4 Å². The average Bonchev–Trinajstić information content (AvgIpc) is 2.55. The van der Waals surface area contributed by atoms with Gasteiger partial charge in [-0.2, -0.15) is 0 Å². The van der Waals surface area contributed by atoms with Crippen molar-refractivity contribution in [3.8, 4) is 0 Å². The van der Waals surface area contributed by atoms with Crippen LogP contribution >= 0.6 is 12.4 Å².